The van der Waals surface area contributed by atoms with E-state index in [-0.39, 0.29) is 11.9 Å². The molecule has 0 aliphatic carbocycles. The van der Waals surface area contributed by atoms with Crippen LogP contribution in [-0.4, -0.2) is 31.1 Å². The highest BCUT2D eigenvalue weighted by Crippen LogP contribution is 2.41. The van der Waals surface area contributed by atoms with E-state index >= 15 is 0 Å². The van der Waals surface area contributed by atoms with Crippen molar-refractivity contribution in [2.24, 2.45) is 0 Å². The Bertz CT molecular complexity index is 1070. The van der Waals surface area contributed by atoms with Crippen molar-refractivity contribution in [1.82, 2.24) is 19.5 Å². The maximum absolute atomic E-state index is 10.8. The van der Waals surface area contributed by atoms with Gasteiger partial charge in [-0.2, -0.15) is 4.52 Å². The second-order valence-electron chi connectivity index (χ2n) is 6.55. The molecule has 1 aliphatic heterocycles. The van der Waals surface area contributed by atoms with Gasteiger partial charge in [0.05, 0.1) is 11.1 Å². The predicted octanol–water partition coefficient (Wildman–Crippen LogP) is 3.55. The van der Waals surface area contributed by atoms with E-state index in [0.717, 1.165) is 30.1 Å². The first-order valence-corrected chi connectivity index (χ1v) is 9.41. The van der Waals surface area contributed by atoms with Gasteiger partial charge in [-0.25, -0.2) is 4.98 Å². The van der Waals surface area contributed by atoms with E-state index in [1.54, 1.807) is 6.26 Å². The molecule has 0 unspecified atom stereocenters. The third-order valence-corrected chi connectivity index (χ3v) is 5.96. The van der Waals surface area contributed by atoms with Gasteiger partial charge in [0.1, 0.15) is 17.6 Å². The van der Waals surface area contributed by atoms with E-state index in [0.29, 0.717) is 10.8 Å². The average Bonchev–Trinajstić information content (AvgIpc) is 3.36. The van der Waals surface area contributed by atoms with Crippen molar-refractivity contribution in [3.63, 3.8) is 0 Å². The van der Waals surface area contributed by atoms with Crippen molar-refractivity contribution in [1.29, 1.82) is 0 Å². The number of thiazole rings is 1. The fraction of sp³-hybridized carbons (Fsp3) is 0.263. The van der Waals surface area contributed by atoms with Gasteiger partial charge in [0, 0.05) is 13.1 Å². The zero-order valence-corrected chi connectivity index (χ0v) is 15.1. The Morgan fingerprint density at radius 3 is 2.81 bits per heavy atom. The van der Waals surface area contributed by atoms with E-state index in [9.17, 15) is 5.11 Å². The topological polar surface area (TPSA) is 66.8 Å². The highest BCUT2D eigenvalue weighted by Gasteiger charge is 2.33. The summed E-state index contributed by atoms with van der Waals surface area (Å²) in [6.45, 7) is 3.53. The molecule has 1 aliphatic rings. The minimum absolute atomic E-state index is 0.144. The van der Waals surface area contributed by atoms with Crippen molar-refractivity contribution < 1.29 is 9.52 Å². The summed E-state index contributed by atoms with van der Waals surface area (Å²) in [7, 11) is 0. The molecule has 1 N–H and O–H groups in total. The Balaban J connectivity index is 1.60. The molecule has 5 rings (SSSR count). The molecule has 132 valence electrons. The molecule has 0 saturated carbocycles. The van der Waals surface area contributed by atoms with Crippen LogP contribution in [0.25, 0.3) is 4.96 Å². The van der Waals surface area contributed by atoms with Crippen molar-refractivity contribution in [2.45, 2.75) is 25.9 Å². The molecule has 0 saturated heterocycles. The van der Waals surface area contributed by atoms with Gasteiger partial charge in [0.25, 0.3) is 0 Å². The van der Waals surface area contributed by atoms with Crippen LogP contribution < -0.4 is 0 Å². The highest BCUT2D eigenvalue weighted by atomic mass is 32.1. The number of fused-ring (bicyclic) bond motifs is 2. The SMILES string of the molecule is Cc1nc2sc([C@H](c3ccco3)N3CCc4ccccc4C3)c(O)n2n1. The van der Waals surface area contributed by atoms with Crippen LogP contribution in [0.1, 0.15) is 33.6 Å². The van der Waals surface area contributed by atoms with Gasteiger partial charge in [-0.1, -0.05) is 35.6 Å². The fourth-order valence-electron chi connectivity index (χ4n) is 3.69. The first-order chi connectivity index (χ1) is 12.7. The number of aromatic nitrogens is 3. The lowest BCUT2D eigenvalue weighted by molar-refractivity contribution is 0.185. The number of furan rings is 1. The van der Waals surface area contributed by atoms with E-state index in [2.05, 4.69) is 39.2 Å². The van der Waals surface area contributed by atoms with Gasteiger partial charge in [-0.3, -0.25) is 4.90 Å². The van der Waals surface area contributed by atoms with Crippen LogP contribution in [-0.2, 0) is 13.0 Å². The summed E-state index contributed by atoms with van der Waals surface area (Å²) in [6, 6.07) is 12.2. The monoisotopic (exact) mass is 366 g/mol. The molecule has 26 heavy (non-hydrogen) atoms. The van der Waals surface area contributed by atoms with Crippen LogP contribution >= 0.6 is 11.3 Å². The molecule has 1 atom stereocenters. The summed E-state index contributed by atoms with van der Waals surface area (Å²) in [5.41, 5.74) is 2.72. The van der Waals surface area contributed by atoms with Crippen molar-refractivity contribution in [3.8, 4) is 5.88 Å². The van der Waals surface area contributed by atoms with Crippen molar-refractivity contribution >= 4 is 16.3 Å². The summed E-state index contributed by atoms with van der Waals surface area (Å²) >= 11 is 1.46. The highest BCUT2D eigenvalue weighted by molar-refractivity contribution is 7.17. The minimum Gasteiger partial charge on any atom is -0.492 e. The normalized spacial score (nSPS) is 16.0. The quantitative estimate of drug-likeness (QED) is 0.601. The van der Waals surface area contributed by atoms with E-state index < -0.39 is 0 Å². The summed E-state index contributed by atoms with van der Waals surface area (Å²) in [6.07, 6.45) is 2.66. The van der Waals surface area contributed by atoms with Crippen molar-refractivity contribution in [2.75, 3.05) is 6.54 Å². The van der Waals surface area contributed by atoms with Crippen LogP contribution in [0.5, 0.6) is 5.88 Å². The molecule has 3 aromatic heterocycles. The van der Waals surface area contributed by atoms with Crippen LogP contribution in [0.15, 0.2) is 47.1 Å². The average molecular weight is 366 g/mol. The Morgan fingerprint density at radius 2 is 2.04 bits per heavy atom. The summed E-state index contributed by atoms with van der Waals surface area (Å²) in [5, 5.41) is 15.1. The third-order valence-electron chi connectivity index (χ3n) is 4.89. The predicted molar refractivity (Wildman–Crippen MR) is 98.4 cm³/mol. The number of rotatable bonds is 3. The number of aryl methyl sites for hydroxylation is 1. The Labute approximate surface area is 154 Å². The molecule has 1 aromatic carbocycles. The van der Waals surface area contributed by atoms with Crippen LogP contribution in [0.3, 0.4) is 0 Å². The maximum Gasteiger partial charge on any atom is 0.230 e. The molecule has 0 bridgehead atoms. The lowest BCUT2D eigenvalue weighted by Crippen LogP contribution is -2.34. The summed E-state index contributed by atoms with van der Waals surface area (Å²) in [4.78, 5) is 8.26. The first kappa shape index (κ1) is 15.6. The molecular weight excluding hydrogens is 348 g/mol. The molecule has 7 heteroatoms. The minimum atomic E-state index is -0.160. The molecule has 6 nitrogen and oxygen atoms in total. The van der Waals surface area contributed by atoms with Gasteiger partial charge < -0.3 is 9.52 Å². The Hall–Kier alpha value is -2.64. The zero-order valence-electron chi connectivity index (χ0n) is 14.3. The lowest BCUT2D eigenvalue weighted by atomic mass is 9.97. The molecular formula is C19H18N4O2S. The lowest BCUT2D eigenvalue weighted by Gasteiger charge is -2.34. The third kappa shape index (κ3) is 2.43. The number of aromatic hydroxyl groups is 1. The molecule has 0 amide bonds. The van der Waals surface area contributed by atoms with Gasteiger partial charge in [0.15, 0.2) is 0 Å². The molecule has 4 aromatic rings. The second-order valence-corrected chi connectivity index (χ2v) is 7.56. The van der Waals surface area contributed by atoms with Crippen LogP contribution in [0.4, 0.5) is 0 Å². The largest absolute Gasteiger partial charge is 0.492 e. The Morgan fingerprint density at radius 1 is 1.19 bits per heavy atom. The zero-order chi connectivity index (χ0) is 17.7. The van der Waals surface area contributed by atoms with Crippen LogP contribution in [0, 0.1) is 6.92 Å². The smallest absolute Gasteiger partial charge is 0.230 e. The summed E-state index contributed by atoms with van der Waals surface area (Å²) < 4.78 is 7.26. The van der Waals surface area contributed by atoms with Gasteiger partial charge in [-0.05, 0) is 36.6 Å². The number of hydrogen-bond donors (Lipinski definition) is 1. The number of nitrogens with zero attached hydrogens (tertiary/aromatic N) is 4. The standard InChI is InChI=1S/C19H18N4O2S/c1-12-20-19-23(21-12)18(24)17(26-19)16(15-7-4-10-25-15)22-9-8-13-5-2-3-6-14(13)11-22/h2-7,10,16,24H,8-9,11H2,1H3/t16-/m0/s1. The molecule has 0 spiro atoms. The number of benzene rings is 1. The molecule has 0 radical (unpaired) electrons. The van der Waals surface area contributed by atoms with E-state index in [1.807, 2.05) is 19.1 Å². The number of hydrogen-bond acceptors (Lipinski definition) is 6. The van der Waals surface area contributed by atoms with Gasteiger partial charge in [-0.15, -0.1) is 5.10 Å². The maximum atomic E-state index is 10.8. The van der Waals surface area contributed by atoms with Crippen LogP contribution in [0.2, 0.25) is 0 Å². The fourth-order valence-corrected chi connectivity index (χ4v) is 4.83. The Kier molecular flexibility index (Phi) is 3.58. The molecule has 4 heterocycles. The van der Waals surface area contributed by atoms with E-state index in [4.69, 9.17) is 4.42 Å². The summed E-state index contributed by atoms with van der Waals surface area (Å²) in [5.74, 6) is 1.62. The second kappa shape index (κ2) is 5.96. The first-order valence-electron chi connectivity index (χ1n) is 8.60. The van der Waals surface area contributed by atoms with E-state index in [1.165, 1.54) is 27.0 Å². The van der Waals surface area contributed by atoms with Crippen molar-refractivity contribution in [3.05, 3.63) is 70.3 Å². The van der Waals surface area contributed by atoms with Gasteiger partial charge in [0.2, 0.25) is 10.8 Å². The van der Waals surface area contributed by atoms with Gasteiger partial charge >= 0.3 is 0 Å². The molecule has 0 fully saturated rings.